The van der Waals surface area contributed by atoms with E-state index in [0.29, 0.717) is 12.1 Å². The van der Waals surface area contributed by atoms with Gasteiger partial charge in [-0.05, 0) is 31.0 Å². The minimum absolute atomic E-state index is 0.265. The number of carbonyl (C=O) groups excluding carboxylic acids is 1. The number of nitrogens with one attached hydrogen (secondary N) is 1. The Balaban J connectivity index is 2.38. The Labute approximate surface area is 99.6 Å². The Kier molecular flexibility index (Phi) is 4.51. The standard InChI is InChI=1S/C12H16N2O3/c1-8(12(16)17)14-11(15)7-4-9-2-5-10(13)6-3-9/h2-3,5-6,8H,4,7,13H2,1H3,(H,14,15)(H,16,17). The number of aliphatic carboxylic acids is 1. The molecule has 0 aromatic heterocycles. The molecule has 0 bridgehead atoms. The number of hydrogen-bond donors (Lipinski definition) is 3. The highest BCUT2D eigenvalue weighted by Crippen LogP contribution is 2.07. The minimum Gasteiger partial charge on any atom is -0.480 e. The lowest BCUT2D eigenvalue weighted by molar-refractivity contribution is -0.141. The van der Waals surface area contributed by atoms with E-state index in [1.807, 2.05) is 12.1 Å². The van der Waals surface area contributed by atoms with Crippen molar-refractivity contribution in [3.63, 3.8) is 0 Å². The van der Waals surface area contributed by atoms with Gasteiger partial charge in [0, 0.05) is 12.1 Å². The van der Waals surface area contributed by atoms with Crippen molar-refractivity contribution in [1.82, 2.24) is 5.32 Å². The molecule has 0 aliphatic carbocycles. The molecule has 5 nitrogen and oxygen atoms in total. The molecule has 0 fully saturated rings. The molecule has 1 rings (SSSR count). The zero-order valence-electron chi connectivity index (χ0n) is 9.64. The molecule has 0 heterocycles. The smallest absolute Gasteiger partial charge is 0.325 e. The highest BCUT2D eigenvalue weighted by Gasteiger charge is 2.13. The van der Waals surface area contributed by atoms with Crippen LogP contribution in [0.15, 0.2) is 24.3 Å². The molecule has 1 aromatic carbocycles. The quantitative estimate of drug-likeness (QED) is 0.659. The lowest BCUT2D eigenvalue weighted by atomic mass is 10.1. The van der Waals surface area contributed by atoms with Gasteiger partial charge in [-0.15, -0.1) is 0 Å². The van der Waals surface area contributed by atoms with Crippen LogP contribution in [0.3, 0.4) is 0 Å². The molecule has 5 heteroatoms. The second kappa shape index (κ2) is 5.89. The Hall–Kier alpha value is -2.04. The Morgan fingerprint density at radius 1 is 1.35 bits per heavy atom. The second-order valence-corrected chi connectivity index (χ2v) is 3.87. The summed E-state index contributed by atoms with van der Waals surface area (Å²) in [7, 11) is 0. The summed E-state index contributed by atoms with van der Waals surface area (Å²) in [6, 6.07) is 6.39. The number of anilines is 1. The molecule has 92 valence electrons. The van der Waals surface area contributed by atoms with E-state index in [0.717, 1.165) is 5.56 Å². The van der Waals surface area contributed by atoms with Crippen LogP contribution in [-0.2, 0) is 16.0 Å². The topological polar surface area (TPSA) is 92.4 Å². The molecule has 1 amide bonds. The molecule has 0 aliphatic rings. The molecule has 17 heavy (non-hydrogen) atoms. The summed E-state index contributed by atoms with van der Waals surface area (Å²) in [6.45, 7) is 1.43. The number of aryl methyl sites for hydroxylation is 1. The molecule has 0 saturated carbocycles. The van der Waals surface area contributed by atoms with Gasteiger partial charge in [0.25, 0.3) is 0 Å². The zero-order valence-corrected chi connectivity index (χ0v) is 9.64. The van der Waals surface area contributed by atoms with Crippen molar-refractivity contribution in [3.8, 4) is 0 Å². The molecule has 1 unspecified atom stereocenters. The molecule has 0 aliphatic heterocycles. The number of carbonyl (C=O) groups is 2. The Bertz CT molecular complexity index is 401. The van der Waals surface area contributed by atoms with E-state index in [2.05, 4.69) is 5.32 Å². The van der Waals surface area contributed by atoms with E-state index < -0.39 is 12.0 Å². The van der Waals surface area contributed by atoms with Crippen LogP contribution in [0.2, 0.25) is 0 Å². The van der Waals surface area contributed by atoms with Crippen LogP contribution in [0.1, 0.15) is 18.9 Å². The number of carboxylic acid groups (broad SMARTS) is 1. The van der Waals surface area contributed by atoms with Crippen LogP contribution in [-0.4, -0.2) is 23.0 Å². The molecule has 0 spiro atoms. The van der Waals surface area contributed by atoms with Gasteiger partial charge in [0.2, 0.25) is 5.91 Å². The largest absolute Gasteiger partial charge is 0.480 e. The van der Waals surface area contributed by atoms with E-state index in [1.165, 1.54) is 6.92 Å². The minimum atomic E-state index is -1.04. The molecule has 4 N–H and O–H groups in total. The Morgan fingerprint density at radius 3 is 2.47 bits per heavy atom. The number of rotatable bonds is 5. The van der Waals surface area contributed by atoms with Crippen LogP contribution < -0.4 is 11.1 Å². The van der Waals surface area contributed by atoms with Crippen molar-refractivity contribution < 1.29 is 14.7 Å². The maximum Gasteiger partial charge on any atom is 0.325 e. The average Bonchev–Trinajstić information content (AvgIpc) is 2.28. The summed E-state index contributed by atoms with van der Waals surface area (Å²) in [5.74, 6) is -1.30. The SMILES string of the molecule is CC(NC(=O)CCc1ccc(N)cc1)C(=O)O. The first-order valence-corrected chi connectivity index (χ1v) is 5.35. The van der Waals surface area contributed by atoms with Gasteiger partial charge < -0.3 is 16.2 Å². The maximum absolute atomic E-state index is 11.4. The normalized spacial score (nSPS) is 11.8. The molecule has 1 aromatic rings. The molecule has 0 radical (unpaired) electrons. The van der Waals surface area contributed by atoms with Crippen LogP contribution in [0.4, 0.5) is 5.69 Å². The van der Waals surface area contributed by atoms with E-state index in [-0.39, 0.29) is 12.3 Å². The van der Waals surface area contributed by atoms with Crippen molar-refractivity contribution in [2.45, 2.75) is 25.8 Å². The average molecular weight is 236 g/mol. The summed E-state index contributed by atoms with van der Waals surface area (Å²) in [5, 5.41) is 11.0. The van der Waals surface area contributed by atoms with Gasteiger partial charge in [-0.3, -0.25) is 9.59 Å². The molecule has 0 saturated heterocycles. The Morgan fingerprint density at radius 2 is 1.94 bits per heavy atom. The van der Waals surface area contributed by atoms with Gasteiger partial charge in [0.05, 0.1) is 0 Å². The van der Waals surface area contributed by atoms with Gasteiger partial charge in [-0.1, -0.05) is 12.1 Å². The van der Waals surface area contributed by atoms with Crippen molar-refractivity contribution in [2.24, 2.45) is 0 Å². The third kappa shape index (κ3) is 4.55. The summed E-state index contributed by atoms with van der Waals surface area (Å²) in [6.07, 6.45) is 0.833. The molecular formula is C12H16N2O3. The van der Waals surface area contributed by atoms with Crippen molar-refractivity contribution in [3.05, 3.63) is 29.8 Å². The first-order valence-electron chi connectivity index (χ1n) is 5.35. The predicted octanol–water partition coefficient (Wildman–Crippen LogP) is 0.791. The van der Waals surface area contributed by atoms with Crippen molar-refractivity contribution in [2.75, 3.05) is 5.73 Å². The first kappa shape index (κ1) is 13.0. The third-order valence-corrected chi connectivity index (χ3v) is 2.37. The van der Waals surface area contributed by atoms with Gasteiger partial charge >= 0.3 is 5.97 Å². The number of amides is 1. The van der Waals surface area contributed by atoms with Gasteiger partial charge in [-0.25, -0.2) is 0 Å². The fraction of sp³-hybridized carbons (Fsp3) is 0.333. The van der Waals surface area contributed by atoms with Crippen LogP contribution in [0.5, 0.6) is 0 Å². The van der Waals surface area contributed by atoms with Gasteiger partial charge in [0.15, 0.2) is 0 Å². The highest BCUT2D eigenvalue weighted by atomic mass is 16.4. The van der Waals surface area contributed by atoms with Crippen LogP contribution >= 0.6 is 0 Å². The first-order chi connectivity index (χ1) is 7.99. The summed E-state index contributed by atoms with van der Waals surface area (Å²) >= 11 is 0. The summed E-state index contributed by atoms with van der Waals surface area (Å²) < 4.78 is 0. The maximum atomic E-state index is 11.4. The predicted molar refractivity (Wildman–Crippen MR) is 64.4 cm³/mol. The zero-order chi connectivity index (χ0) is 12.8. The molecular weight excluding hydrogens is 220 g/mol. The third-order valence-electron chi connectivity index (χ3n) is 2.37. The van der Waals surface area contributed by atoms with E-state index in [4.69, 9.17) is 10.8 Å². The van der Waals surface area contributed by atoms with E-state index >= 15 is 0 Å². The lowest BCUT2D eigenvalue weighted by Gasteiger charge is -2.09. The second-order valence-electron chi connectivity index (χ2n) is 3.87. The van der Waals surface area contributed by atoms with Crippen LogP contribution in [0, 0.1) is 0 Å². The number of nitrogen functional groups attached to an aromatic ring is 1. The van der Waals surface area contributed by atoms with E-state index in [9.17, 15) is 9.59 Å². The number of benzene rings is 1. The van der Waals surface area contributed by atoms with E-state index in [1.54, 1.807) is 12.1 Å². The fourth-order valence-electron chi connectivity index (χ4n) is 1.32. The highest BCUT2D eigenvalue weighted by molar-refractivity contribution is 5.83. The fourth-order valence-corrected chi connectivity index (χ4v) is 1.32. The van der Waals surface area contributed by atoms with Gasteiger partial charge in [-0.2, -0.15) is 0 Å². The van der Waals surface area contributed by atoms with Gasteiger partial charge in [0.1, 0.15) is 6.04 Å². The van der Waals surface area contributed by atoms with Crippen molar-refractivity contribution >= 4 is 17.6 Å². The molecule has 1 atom stereocenters. The number of nitrogens with two attached hydrogens (primary N) is 1. The number of hydrogen-bond acceptors (Lipinski definition) is 3. The van der Waals surface area contributed by atoms with Crippen LogP contribution in [0.25, 0.3) is 0 Å². The lowest BCUT2D eigenvalue weighted by Crippen LogP contribution is -2.38. The summed E-state index contributed by atoms with van der Waals surface area (Å²) in [4.78, 5) is 21.9. The summed E-state index contributed by atoms with van der Waals surface area (Å²) in [5.41, 5.74) is 7.21. The number of carboxylic acids is 1. The monoisotopic (exact) mass is 236 g/mol. The van der Waals surface area contributed by atoms with Crippen molar-refractivity contribution in [1.29, 1.82) is 0 Å².